The number of fused-ring (bicyclic) bond motifs is 3. The van der Waals surface area contributed by atoms with E-state index in [2.05, 4.69) is 0 Å². The van der Waals surface area contributed by atoms with Crippen molar-refractivity contribution in [3.8, 4) is 0 Å². The molecule has 29 heavy (non-hydrogen) atoms. The van der Waals surface area contributed by atoms with Gasteiger partial charge in [-0.2, -0.15) is 0 Å². The van der Waals surface area contributed by atoms with Crippen molar-refractivity contribution >= 4 is 23.5 Å². The SMILES string of the molecule is CC1(C)[C@@H]2C(=O)N(c3ccccc3)C(=O)[C@@H]2[C@H]2C(=O)OC[C@H](c3ccccc3)N21. The zero-order valence-corrected chi connectivity index (χ0v) is 16.3. The summed E-state index contributed by atoms with van der Waals surface area (Å²) >= 11 is 0. The zero-order valence-electron chi connectivity index (χ0n) is 16.3. The summed E-state index contributed by atoms with van der Waals surface area (Å²) in [6.07, 6.45) is 0. The summed E-state index contributed by atoms with van der Waals surface area (Å²) in [5.41, 5.74) is 0.881. The number of ether oxygens (including phenoxy) is 1. The van der Waals surface area contributed by atoms with Crippen molar-refractivity contribution < 1.29 is 19.1 Å². The van der Waals surface area contributed by atoms with Crippen LogP contribution in [-0.2, 0) is 19.1 Å². The van der Waals surface area contributed by atoms with Gasteiger partial charge < -0.3 is 4.74 Å². The summed E-state index contributed by atoms with van der Waals surface area (Å²) in [7, 11) is 0. The van der Waals surface area contributed by atoms with Crippen LogP contribution in [0, 0.1) is 11.8 Å². The largest absolute Gasteiger partial charge is 0.462 e. The Morgan fingerprint density at radius 3 is 2.17 bits per heavy atom. The highest BCUT2D eigenvalue weighted by Gasteiger charge is 2.70. The van der Waals surface area contributed by atoms with E-state index in [1.807, 2.05) is 55.1 Å². The van der Waals surface area contributed by atoms with E-state index >= 15 is 0 Å². The van der Waals surface area contributed by atoms with Crippen LogP contribution >= 0.6 is 0 Å². The number of morpholine rings is 1. The maximum absolute atomic E-state index is 13.4. The van der Waals surface area contributed by atoms with Gasteiger partial charge in [0.2, 0.25) is 11.8 Å². The fourth-order valence-corrected chi connectivity index (χ4v) is 5.39. The smallest absolute Gasteiger partial charge is 0.324 e. The molecule has 0 unspecified atom stereocenters. The maximum Gasteiger partial charge on any atom is 0.324 e. The molecule has 0 aromatic heterocycles. The Labute approximate surface area is 169 Å². The van der Waals surface area contributed by atoms with Gasteiger partial charge in [-0.15, -0.1) is 0 Å². The number of benzene rings is 2. The van der Waals surface area contributed by atoms with Crippen LogP contribution in [0.25, 0.3) is 0 Å². The molecule has 3 aliphatic rings. The van der Waals surface area contributed by atoms with E-state index in [-0.39, 0.29) is 24.5 Å². The topological polar surface area (TPSA) is 66.9 Å². The average Bonchev–Trinajstić information content (AvgIpc) is 3.14. The molecule has 3 aliphatic heterocycles. The molecule has 4 atom stereocenters. The van der Waals surface area contributed by atoms with E-state index in [1.54, 1.807) is 24.3 Å². The van der Waals surface area contributed by atoms with Gasteiger partial charge in [-0.1, -0.05) is 48.5 Å². The molecule has 0 saturated carbocycles. The first-order chi connectivity index (χ1) is 13.9. The molecule has 5 rings (SSSR count). The Bertz CT molecular complexity index is 988. The number of anilines is 1. The van der Waals surface area contributed by atoms with E-state index in [0.29, 0.717) is 5.69 Å². The van der Waals surface area contributed by atoms with E-state index < -0.39 is 29.4 Å². The molecule has 6 heteroatoms. The van der Waals surface area contributed by atoms with E-state index in [9.17, 15) is 14.4 Å². The van der Waals surface area contributed by atoms with E-state index in [0.717, 1.165) is 5.56 Å². The minimum Gasteiger partial charge on any atom is -0.462 e. The first-order valence-corrected chi connectivity index (χ1v) is 9.86. The van der Waals surface area contributed by atoms with Crippen molar-refractivity contribution in [1.82, 2.24) is 4.90 Å². The Morgan fingerprint density at radius 2 is 1.52 bits per heavy atom. The van der Waals surface area contributed by atoms with E-state index in [1.165, 1.54) is 4.90 Å². The van der Waals surface area contributed by atoms with Gasteiger partial charge in [0.25, 0.3) is 0 Å². The minimum absolute atomic E-state index is 0.190. The van der Waals surface area contributed by atoms with Crippen LogP contribution in [-0.4, -0.2) is 40.9 Å². The average molecular weight is 390 g/mol. The lowest BCUT2D eigenvalue weighted by molar-refractivity contribution is -0.167. The van der Waals surface area contributed by atoms with Gasteiger partial charge in [0, 0.05) is 5.54 Å². The van der Waals surface area contributed by atoms with Crippen molar-refractivity contribution in [2.75, 3.05) is 11.5 Å². The molecule has 0 radical (unpaired) electrons. The normalized spacial score (nSPS) is 30.8. The lowest BCUT2D eigenvalue weighted by atomic mass is 9.82. The summed E-state index contributed by atoms with van der Waals surface area (Å²) in [6.45, 7) is 4.13. The number of nitrogens with zero attached hydrogens (tertiary/aromatic N) is 2. The van der Waals surface area contributed by atoms with Crippen LogP contribution in [0.4, 0.5) is 5.69 Å². The third-order valence-corrected chi connectivity index (χ3v) is 6.58. The number of esters is 1. The third kappa shape index (κ3) is 2.42. The van der Waals surface area contributed by atoms with Crippen LogP contribution in [0.3, 0.4) is 0 Å². The number of carbonyl (C=O) groups is 3. The van der Waals surface area contributed by atoms with Gasteiger partial charge in [-0.3, -0.25) is 19.3 Å². The molecule has 6 nitrogen and oxygen atoms in total. The second-order valence-corrected chi connectivity index (χ2v) is 8.41. The first-order valence-electron chi connectivity index (χ1n) is 9.86. The molecule has 0 spiro atoms. The van der Waals surface area contributed by atoms with Crippen LogP contribution in [0.2, 0.25) is 0 Å². The zero-order chi connectivity index (χ0) is 20.3. The highest BCUT2D eigenvalue weighted by Crippen LogP contribution is 2.54. The molecule has 2 amide bonds. The lowest BCUT2D eigenvalue weighted by Gasteiger charge is -2.45. The molecule has 3 fully saturated rings. The van der Waals surface area contributed by atoms with Gasteiger partial charge >= 0.3 is 5.97 Å². The summed E-state index contributed by atoms with van der Waals surface area (Å²) in [4.78, 5) is 43.0. The predicted octanol–water partition coefficient (Wildman–Crippen LogP) is 2.55. The van der Waals surface area contributed by atoms with Gasteiger partial charge in [0.1, 0.15) is 12.6 Å². The molecule has 0 aliphatic carbocycles. The summed E-state index contributed by atoms with van der Waals surface area (Å²) in [5, 5.41) is 0. The van der Waals surface area contributed by atoms with Crippen molar-refractivity contribution in [2.24, 2.45) is 11.8 Å². The molecule has 2 aromatic rings. The first kappa shape index (κ1) is 18.1. The summed E-state index contributed by atoms with van der Waals surface area (Å²) in [5.74, 6) is -2.33. The van der Waals surface area contributed by atoms with Gasteiger partial charge in [-0.05, 0) is 31.5 Å². The molecular weight excluding hydrogens is 368 g/mol. The Balaban J connectivity index is 1.60. The molecule has 0 N–H and O–H groups in total. The molecule has 2 aromatic carbocycles. The van der Waals surface area contributed by atoms with Crippen LogP contribution in [0.15, 0.2) is 60.7 Å². The highest BCUT2D eigenvalue weighted by molar-refractivity contribution is 6.24. The molecule has 0 bridgehead atoms. The number of para-hydroxylation sites is 1. The number of imide groups is 1. The highest BCUT2D eigenvalue weighted by atomic mass is 16.5. The Hall–Kier alpha value is -2.99. The Morgan fingerprint density at radius 1 is 0.897 bits per heavy atom. The maximum atomic E-state index is 13.4. The quantitative estimate of drug-likeness (QED) is 0.582. The third-order valence-electron chi connectivity index (χ3n) is 6.58. The van der Waals surface area contributed by atoms with Crippen molar-refractivity contribution in [3.63, 3.8) is 0 Å². The van der Waals surface area contributed by atoms with Crippen molar-refractivity contribution in [3.05, 3.63) is 66.2 Å². The van der Waals surface area contributed by atoms with E-state index in [4.69, 9.17) is 4.74 Å². The number of hydrogen-bond donors (Lipinski definition) is 0. The van der Waals surface area contributed by atoms with Crippen LogP contribution in [0.1, 0.15) is 25.5 Å². The standard InChI is InChI=1S/C23H22N2O4/c1-23(2)18-17(20(26)24(21(18)27)15-11-7-4-8-12-15)19-22(28)29-13-16(25(19)23)14-9-5-3-6-10-14/h3-12,16-19H,13H2,1-2H3/t16-,17+,18+,19+/m1/s1. The number of cyclic esters (lactones) is 1. The minimum atomic E-state index is -0.765. The molecular formula is C23H22N2O4. The molecule has 148 valence electrons. The summed E-state index contributed by atoms with van der Waals surface area (Å²) in [6, 6.07) is 17.8. The van der Waals surface area contributed by atoms with Gasteiger partial charge in [0.15, 0.2) is 0 Å². The van der Waals surface area contributed by atoms with Crippen LogP contribution in [0.5, 0.6) is 0 Å². The van der Waals surface area contributed by atoms with Crippen molar-refractivity contribution in [2.45, 2.75) is 31.5 Å². The van der Waals surface area contributed by atoms with Crippen LogP contribution < -0.4 is 4.90 Å². The van der Waals surface area contributed by atoms with Gasteiger partial charge in [0.05, 0.1) is 23.6 Å². The number of amides is 2. The second-order valence-electron chi connectivity index (χ2n) is 8.41. The van der Waals surface area contributed by atoms with Gasteiger partial charge in [-0.25, -0.2) is 4.90 Å². The fraction of sp³-hybridized carbons (Fsp3) is 0.348. The lowest BCUT2D eigenvalue weighted by Crippen LogP contribution is -2.57. The second kappa shape index (κ2) is 6.26. The summed E-state index contributed by atoms with van der Waals surface area (Å²) < 4.78 is 5.52. The number of carbonyl (C=O) groups excluding carboxylic acids is 3. The monoisotopic (exact) mass is 390 g/mol. The van der Waals surface area contributed by atoms with Crippen molar-refractivity contribution in [1.29, 1.82) is 0 Å². The predicted molar refractivity (Wildman–Crippen MR) is 106 cm³/mol. The number of rotatable bonds is 2. The number of hydrogen-bond acceptors (Lipinski definition) is 5. The molecule has 3 heterocycles. The fourth-order valence-electron chi connectivity index (χ4n) is 5.39. The molecule has 3 saturated heterocycles. The Kier molecular flexibility index (Phi) is 3.90.